The molecule has 7 heteroatoms. The molecule has 0 bridgehead atoms. The summed E-state index contributed by atoms with van der Waals surface area (Å²) >= 11 is 0. The van der Waals surface area contributed by atoms with Crippen molar-refractivity contribution in [3.63, 3.8) is 0 Å². The molecule has 2 N–H and O–H groups in total. The number of sulfonamides is 1. The molecule has 2 rings (SSSR count). The summed E-state index contributed by atoms with van der Waals surface area (Å²) in [6.07, 6.45) is 0.978. The van der Waals surface area contributed by atoms with Crippen LogP contribution in [0.2, 0.25) is 0 Å². The maximum Gasteiger partial charge on any atom is 0.240 e. The molecule has 1 aliphatic rings. The van der Waals surface area contributed by atoms with Crippen LogP contribution < -0.4 is 10.0 Å². The van der Waals surface area contributed by atoms with E-state index in [9.17, 15) is 12.8 Å². The molecule has 1 aromatic rings. The number of nitrogens with one attached hydrogen (secondary N) is 2. The van der Waals surface area contributed by atoms with Crippen LogP contribution in [-0.2, 0) is 10.0 Å². The second-order valence-corrected chi connectivity index (χ2v) is 5.93. The normalized spacial score (nSPS) is 19.5. The Morgan fingerprint density at radius 1 is 1.33 bits per heavy atom. The van der Waals surface area contributed by atoms with Crippen molar-refractivity contribution in [2.75, 3.05) is 19.6 Å². The first-order chi connectivity index (χ1) is 8.08. The van der Waals surface area contributed by atoms with Crippen LogP contribution in [0.1, 0.15) is 6.42 Å². The first-order valence-corrected chi connectivity index (χ1v) is 7.02. The molecule has 102 valence electrons. The minimum atomic E-state index is -3.51. The molecule has 1 unspecified atom stereocenters. The van der Waals surface area contributed by atoms with Crippen LogP contribution in [0.4, 0.5) is 4.39 Å². The first-order valence-electron chi connectivity index (χ1n) is 5.54. The van der Waals surface area contributed by atoms with Gasteiger partial charge in [-0.25, -0.2) is 17.5 Å². The molecule has 0 spiro atoms. The minimum absolute atomic E-state index is 0. The molecule has 1 atom stereocenters. The van der Waals surface area contributed by atoms with Crippen molar-refractivity contribution < 1.29 is 12.8 Å². The molecule has 1 fully saturated rings. The van der Waals surface area contributed by atoms with Crippen LogP contribution in [0.3, 0.4) is 0 Å². The van der Waals surface area contributed by atoms with E-state index in [0.29, 0.717) is 12.5 Å². The van der Waals surface area contributed by atoms with Gasteiger partial charge in [0.15, 0.2) is 0 Å². The number of hydrogen-bond acceptors (Lipinski definition) is 3. The molecule has 0 saturated carbocycles. The summed E-state index contributed by atoms with van der Waals surface area (Å²) < 4.78 is 38.9. The second-order valence-electron chi connectivity index (χ2n) is 4.16. The van der Waals surface area contributed by atoms with Crippen LogP contribution in [0.25, 0.3) is 0 Å². The van der Waals surface area contributed by atoms with Crippen molar-refractivity contribution in [1.82, 2.24) is 10.0 Å². The third-order valence-electron chi connectivity index (χ3n) is 2.85. The molecule has 0 amide bonds. The highest BCUT2D eigenvalue weighted by molar-refractivity contribution is 7.89. The van der Waals surface area contributed by atoms with Gasteiger partial charge in [-0.1, -0.05) is 0 Å². The number of benzene rings is 1. The van der Waals surface area contributed by atoms with Gasteiger partial charge in [0, 0.05) is 6.54 Å². The smallest absolute Gasteiger partial charge is 0.240 e. The van der Waals surface area contributed by atoms with Crippen molar-refractivity contribution in [1.29, 1.82) is 0 Å². The third kappa shape index (κ3) is 3.91. The second kappa shape index (κ2) is 6.47. The molecule has 1 heterocycles. The van der Waals surface area contributed by atoms with Gasteiger partial charge in [-0.05, 0) is 49.7 Å². The van der Waals surface area contributed by atoms with E-state index in [1.807, 2.05) is 0 Å². The average Bonchev–Trinajstić information content (AvgIpc) is 2.80. The fourth-order valence-electron chi connectivity index (χ4n) is 1.81. The van der Waals surface area contributed by atoms with Crippen LogP contribution in [-0.4, -0.2) is 28.1 Å². The lowest BCUT2D eigenvalue weighted by molar-refractivity contribution is 0.538. The molecule has 0 aliphatic carbocycles. The maximum atomic E-state index is 12.7. The van der Waals surface area contributed by atoms with Gasteiger partial charge < -0.3 is 5.32 Å². The summed E-state index contributed by atoms with van der Waals surface area (Å²) in [4.78, 5) is 0.102. The Morgan fingerprint density at radius 3 is 2.56 bits per heavy atom. The fraction of sp³-hybridized carbons (Fsp3) is 0.455. The highest BCUT2D eigenvalue weighted by Crippen LogP contribution is 2.11. The molecular weight excluding hydrogens is 279 g/mol. The Labute approximate surface area is 112 Å². The summed E-state index contributed by atoms with van der Waals surface area (Å²) in [6.45, 7) is 2.20. The Hall–Kier alpha value is -0.690. The number of halogens is 2. The predicted octanol–water partition coefficient (Wildman–Crippen LogP) is 1.14. The van der Waals surface area contributed by atoms with Gasteiger partial charge in [-0.3, -0.25) is 0 Å². The quantitative estimate of drug-likeness (QED) is 0.875. The van der Waals surface area contributed by atoms with Crippen LogP contribution >= 0.6 is 12.4 Å². The van der Waals surface area contributed by atoms with Gasteiger partial charge in [0.25, 0.3) is 0 Å². The van der Waals surface area contributed by atoms with Gasteiger partial charge >= 0.3 is 0 Å². The van der Waals surface area contributed by atoms with Gasteiger partial charge in [0.05, 0.1) is 4.90 Å². The minimum Gasteiger partial charge on any atom is -0.316 e. The Bertz CT molecular complexity index is 472. The van der Waals surface area contributed by atoms with Crippen LogP contribution in [0.15, 0.2) is 29.2 Å². The maximum absolute atomic E-state index is 12.7. The van der Waals surface area contributed by atoms with E-state index in [4.69, 9.17) is 0 Å². The zero-order chi connectivity index (χ0) is 12.3. The van der Waals surface area contributed by atoms with Gasteiger partial charge in [-0.2, -0.15) is 0 Å². The number of hydrogen-bond donors (Lipinski definition) is 2. The zero-order valence-electron chi connectivity index (χ0n) is 9.73. The molecule has 0 radical (unpaired) electrons. The summed E-state index contributed by atoms with van der Waals surface area (Å²) in [6, 6.07) is 4.83. The van der Waals surface area contributed by atoms with E-state index in [1.165, 1.54) is 12.1 Å². The van der Waals surface area contributed by atoms with E-state index in [-0.39, 0.29) is 17.3 Å². The summed E-state index contributed by atoms with van der Waals surface area (Å²) in [5, 5.41) is 3.17. The molecule has 0 aromatic heterocycles. The van der Waals surface area contributed by atoms with Crippen LogP contribution in [0.5, 0.6) is 0 Å². The fourth-order valence-corrected chi connectivity index (χ4v) is 2.93. The Morgan fingerprint density at radius 2 is 2.00 bits per heavy atom. The Kier molecular flexibility index (Phi) is 5.52. The molecule has 4 nitrogen and oxygen atoms in total. The zero-order valence-corrected chi connectivity index (χ0v) is 11.4. The highest BCUT2D eigenvalue weighted by atomic mass is 35.5. The lowest BCUT2D eigenvalue weighted by atomic mass is 10.1. The van der Waals surface area contributed by atoms with Gasteiger partial charge in [-0.15, -0.1) is 12.4 Å². The van der Waals surface area contributed by atoms with Crippen molar-refractivity contribution >= 4 is 22.4 Å². The lowest BCUT2D eigenvalue weighted by Crippen LogP contribution is -2.30. The van der Waals surface area contributed by atoms with E-state index in [1.54, 1.807) is 0 Å². The molecule has 18 heavy (non-hydrogen) atoms. The topological polar surface area (TPSA) is 58.2 Å². The summed E-state index contributed by atoms with van der Waals surface area (Å²) in [5.41, 5.74) is 0. The lowest BCUT2D eigenvalue weighted by Gasteiger charge is -2.10. The average molecular weight is 295 g/mol. The summed E-state index contributed by atoms with van der Waals surface area (Å²) in [7, 11) is -3.51. The van der Waals surface area contributed by atoms with E-state index >= 15 is 0 Å². The highest BCUT2D eigenvalue weighted by Gasteiger charge is 2.19. The van der Waals surface area contributed by atoms with Crippen molar-refractivity contribution in [2.45, 2.75) is 11.3 Å². The third-order valence-corrected chi connectivity index (χ3v) is 4.29. The molecule has 1 aromatic carbocycles. The standard InChI is InChI=1S/C11H15FN2O2S.ClH/c12-10-1-3-11(4-2-10)17(15,16)14-8-9-5-6-13-7-9;/h1-4,9,13-14H,5-8H2;1H. The molecule has 1 aliphatic heterocycles. The Balaban J connectivity index is 0.00000162. The first kappa shape index (κ1) is 15.4. The van der Waals surface area contributed by atoms with E-state index < -0.39 is 15.8 Å². The van der Waals surface area contributed by atoms with E-state index in [0.717, 1.165) is 31.6 Å². The van der Waals surface area contributed by atoms with Crippen molar-refractivity contribution in [2.24, 2.45) is 5.92 Å². The van der Waals surface area contributed by atoms with Crippen molar-refractivity contribution in [3.05, 3.63) is 30.1 Å². The van der Waals surface area contributed by atoms with Gasteiger partial charge in [0.1, 0.15) is 5.82 Å². The van der Waals surface area contributed by atoms with Gasteiger partial charge in [0.2, 0.25) is 10.0 Å². The molecule has 1 saturated heterocycles. The monoisotopic (exact) mass is 294 g/mol. The largest absolute Gasteiger partial charge is 0.316 e. The summed E-state index contributed by atoms with van der Waals surface area (Å²) in [5.74, 6) is -0.103. The number of rotatable bonds is 4. The predicted molar refractivity (Wildman–Crippen MR) is 69.8 cm³/mol. The SMILES string of the molecule is Cl.O=S(=O)(NCC1CCNC1)c1ccc(F)cc1. The van der Waals surface area contributed by atoms with Crippen LogP contribution in [0, 0.1) is 11.7 Å². The van der Waals surface area contributed by atoms with Crippen molar-refractivity contribution in [3.8, 4) is 0 Å². The van der Waals surface area contributed by atoms with E-state index in [2.05, 4.69) is 10.0 Å². The molecular formula is C11H16ClFN2O2S.